The lowest BCUT2D eigenvalue weighted by Crippen LogP contribution is -2.37. The van der Waals surface area contributed by atoms with E-state index in [9.17, 15) is 8.42 Å². The molecule has 19 heavy (non-hydrogen) atoms. The highest BCUT2D eigenvalue weighted by molar-refractivity contribution is 7.89. The van der Waals surface area contributed by atoms with E-state index in [0.29, 0.717) is 13.0 Å². The summed E-state index contributed by atoms with van der Waals surface area (Å²) < 4.78 is 31.8. The Kier molecular flexibility index (Phi) is 5.89. The molecule has 1 unspecified atom stereocenters. The van der Waals surface area contributed by atoms with Crippen LogP contribution in [0.5, 0.6) is 0 Å². The Morgan fingerprint density at radius 2 is 2.26 bits per heavy atom. The average molecular weight is 283 g/mol. The predicted octanol–water partition coefficient (Wildman–Crippen LogP) is 1.05. The highest BCUT2D eigenvalue weighted by Gasteiger charge is 2.19. The van der Waals surface area contributed by atoms with Crippen molar-refractivity contribution in [2.45, 2.75) is 30.7 Å². The van der Waals surface area contributed by atoms with Crippen LogP contribution in [-0.2, 0) is 14.8 Å². The maximum absolute atomic E-state index is 12.1. The van der Waals surface area contributed by atoms with Gasteiger partial charge in [-0.1, -0.05) is 13.3 Å². The molecule has 0 saturated heterocycles. The number of ether oxygens (including phenoxy) is 1. The molecule has 6 nitrogen and oxygen atoms in total. The van der Waals surface area contributed by atoms with Crippen LogP contribution in [0.25, 0.3) is 0 Å². The van der Waals surface area contributed by atoms with Gasteiger partial charge in [-0.25, -0.2) is 18.1 Å². The Labute approximate surface area is 113 Å². The monoisotopic (exact) mass is 283 g/mol. The molecule has 1 aromatic rings. The van der Waals surface area contributed by atoms with Gasteiger partial charge in [0.25, 0.3) is 0 Å². The van der Waals surface area contributed by atoms with Gasteiger partial charge in [0.15, 0.2) is 0 Å². The molecule has 1 heterocycles. The van der Waals surface area contributed by atoms with E-state index in [1.807, 2.05) is 13.0 Å². The maximum atomic E-state index is 12.1. The molecule has 0 fully saturated rings. The Morgan fingerprint density at radius 1 is 1.53 bits per heavy atom. The van der Waals surface area contributed by atoms with Crippen LogP contribution in [0, 0.1) is 11.3 Å². The molecule has 0 aliphatic carbocycles. The minimum Gasteiger partial charge on any atom is -0.383 e. The summed E-state index contributed by atoms with van der Waals surface area (Å²) in [6.07, 6.45) is 2.72. The fraction of sp³-hybridized carbons (Fsp3) is 0.500. The van der Waals surface area contributed by atoms with Crippen LogP contribution < -0.4 is 4.72 Å². The van der Waals surface area contributed by atoms with Crippen LogP contribution in [0.2, 0.25) is 0 Å². The van der Waals surface area contributed by atoms with E-state index in [-0.39, 0.29) is 16.6 Å². The lowest BCUT2D eigenvalue weighted by Gasteiger charge is -2.17. The third-order valence-electron chi connectivity index (χ3n) is 2.49. The Bertz CT molecular complexity index is 528. The Hall–Kier alpha value is -1.49. The second-order valence-corrected chi connectivity index (χ2v) is 5.77. The van der Waals surface area contributed by atoms with Crippen LogP contribution in [0.1, 0.15) is 25.5 Å². The number of sulfonamides is 1. The molecule has 0 radical (unpaired) electrons. The highest BCUT2D eigenvalue weighted by Crippen LogP contribution is 2.10. The molecule has 0 aliphatic rings. The summed E-state index contributed by atoms with van der Waals surface area (Å²) in [5, 5.41) is 8.62. The van der Waals surface area contributed by atoms with E-state index in [1.54, 1.807) is 0 Å². The van der Waals surface area contributed by atoms with Gasteiger partial charge in [0.05, 0.1) is 6.61 Å². The summed E-state index contributed by atoms with van der Waals surface area (Å²) in [4.78, 5) is 3.80. The van der Waals surface area contributed by atoms with Gasteiger partial charge in [0.2, 0.25) is 10.0 Å². The molecule has 1 aromatic heterocycles. The number of nitriles is 1. The van der Waals surface area contributed by atoms with E-state index in [1.165, 1.54) is 25.4 Å². The van der Waals surface area contributed by atoms with Crippen molar-refractivity contribution in [1.82, 2.24) is 9.71 Å². The average Bonchev–Trinajstić information content (AvgIpc) is 2.39. The largest absolute Gasteiger partial charge is 0.383 e. The third-order valence-corrected chi connectivity index (χ3v) is 3.99. The Balaban J connectivity index is 2.86. The lowest BCUT2D eigenvalue weighted by molar-refractivity contribution is 0.171. The number of rotatable bonds is 7. The van der Waals surface area contributed by atoms with Gasteiger partial charge < -0.3 is 4.74 Å². The number of aromatic nitrogens is 1. The summed E-state index contributed by atoms with van der Waals surface area (Å²) in [6, 6.07) is 4.31. The lowest BCUT2D eigenvalue weighted by atomic mass is 10.2. The second-order valence-electron chi connectivity index (χ2n) is 4.05. The quantitative estimate of drug-likeness (QED) is 0.807. The van der Waals surface area contributed by atoms with Crippen molar-refractivity contribution in [3.05, 3.63) is 24.0 Å². The van der Waals surface area contributed by atoms with Gasteiger partial charge in [-0.2, -0.15) is 5.26 Å². The molecule has 0 spiro atoms. The first kappa shape index (κ1) is 15.6. The first-order chi connectivity index (χ1) is 9.03. The molecule has 1 rings (SSSR count). The molecular weight excluding hydrogens is 266 g/mol. The number of nitrogens with one attached hydrogen (secondary N) is 1. The summed E-state index contributed by atoms with van der Waals surface area (Å²) >= 11 is 0. The van der Waals surface area contributed by atoms with Crippen LogP contribution in [0.3, 0.4) is 0 Å². The topological polar surface area (TPSA) is 92.1 Å². The number of hydrogen-bond donors (Lipinski definition) is 1. The van der Waals surface area contributed by atoms with Crippen LogP contribution in [0.4, 0.5) is 0 Å². The fourth-order valence-corrected chi connectivity index (χ4v) is 2.82. The molecule has 0 amide bonds. The summed E-state index contributed by atoms with van der Waals surface area (Å²) in [6.45, 7) is 2.29. The number of hydrogen-bond acceptors (Lipinski definition) is 5. The maximum Gasteiger partial charge on any atom is 0.242 e. The van der Waals surface area contributed by atoms with E-state index in [0.717, 1.165) is 6.42 Å². The van der Waals surface area contributed by atoms with Crippen LogP contribution in [-0.4, -0.2) is 33.2 Å². The normalized spacial score (nSPS) is 12.9. The van der Waals surface area contributed by atoms with Gasteiger partial charge in [0, 0.05) is 19.3 Å². The number of pyridine rings is 1. The van der Waals surface area contributed by atoms with Crippen molar-refractivity contribution < 1.29 is 13.2 Å². The molecule has 1 atom stereocenters. The summed E-state index contributed by atoms with van der Waals surface area (Å²) in [7, 11) is -2.10. The second kappa shape index (κ2) is 7.19. The van der Waals surface area contributed by atoms with E-state index < -0.39 is 10.0 Å². The van der Waals surface area contributed by atoms with Gasteiger partial charge in [-0.05, 0) is 18.6 Å². The molecule has 7 heteroatoms. The van der Waals surface area contributed by atoms with Crippen molar-refractivity contribution in [2.75, 3.05) is 13.7 Å². The van der Waals surface area contributed by atoms with Gasteiger partial charge in [-0.3, -0.25) is 0 Å². The molecule has 1 N–H and O–H groups in total. The summed E-state index contributed by atoms with van der Waals surface area (Å²) in [5.74, 6) is 0. The SMILES string of the molecule is CCCC(COC)NS(=O)(=O)c1ccc(C#N)nc1. The molecule has 104 valence electrons. The zero-order valence-electron chi connectivity index (χ0n) is 11.0. The Morgan fingerprint density at radius 3 is 2.74 bits per heavy atom. The van der Waals surface area contributed by atoms with Gasteiger partial charge >= 0.3 is 0 Å². The van der Waals surface area contributed by atoms with Crippen molar-refractivity contribution in [3.63, 3.8) is 0 Å². The van der Waals surface area contributed by atoms with Crippen molar-refractivity contribution in [2.24, 2.45) is 0 Å². The molecule has 0 bridgehead atoms. The minimum absolute atomic E-state index is 0.0451. The standard InChI is InChI=1S/C12H17N3O3S/c1-3-4-11(9-18-2)15-19(16,17)12-6-5-10(7-13)14-8-12/h5-6,8,11,15H,3-4,9H2,1-2H3. The number of nitrogens with zero attached hydrogens (tertiary/aromatic N) is 2. The van der Waals surface area contributed by atoms with Gasteiger partial charge in [-0.15, -0.1) is 0 Å². The van der Waals surface area contributed by atoms with E-state index >= 15 is 0 Å². The number of methoxy groups -OCH3 is 1. The molecule has 0 aliphatic heterocycles. The van der Waals surface area contributed by atoms with Crippen LogP contribution >= 0.6 is 0 Å². The third kappa shape index (κ3) is 4.59. The van der Waals surface area contributed by atoms with Crippen LogP contribution in [0.15, 0.2) is 23.2 Å². The highest BCUT2D eigenvalue weighted by atomic mass is 32.2. The zero-order chi connectivity index (χ0) is 14.3. The fourth-order valence-electron chi connectivity index (χ4n) is 1.62. The van der Waals surface area contributed by atoms with Crippen molar-refractivity contribution in [3.8, 4) is 6.07 Å². The minimum atomic E-state index is -3.63. The van der Waals surface area contributed by atoms with Crippen molar-refractivity contribution in [1.29, 1.82) is 5.26 Å². The molecule has 0 aromatic carbocycles. The van der Waals surface area contributed by atoms with Crippen molar-refractivity contribution >= 4 is 10.0 Å². The molecule has 0 saturated carbocycles. The smallest absolute Gasteiger partial charge is 0.242 e. The predicted molar refractivity (Wildman–Crippen MR) is 69.8 cm³/mol. The van der Waals surface area contributed by atoms with Gasteiger partial charge in [0.1, 0.15) is 16.7 Å². The first-order valence-corrected chi connectivity index (χ1v) is 7.39. The van der Waals surface area contributed by atoms with E-state index in [4.69, 9.17) is 10.00 Å². The van der Waals surface area contributed by atoms with E-state index in [2.05, 4.69) is 9.71 Å². The molecular formula is C12H17N3O3S. The first-order valence-electron chi connectivity index (χ1n) is 5.91. The zero-order valence-corrected chi connectivity index (χ0v) is 11.8. The summed E-state index contributed by atoms with van der Waals surface area (Å²) in [5.41, 5.74) is 0.181.